The predicted molar refractivity (Wildman–Crippen MR) is 93.9 cm³/mol. The Balaban J connectivity index is 1.93. The standard InChI is InChI=1S/C19H29NO4/c1-2-3-4-8-12-18(21)20-14-16-24-19(22)13-9-15-23-17-10-6-5-7-11-17/h5-7,10-11H,2-4,8-9,12-16H2,1H3,(H,20,21). The molecule has 0 aliphatic carbocycles. The van der Waals surface area contributed by atoms with Crippen LogP contribution in [0.2, 0.25) is 0 Å². The summed E-state index contributed by atoms with van der Waals surface area (Å²) < 4.78 is 10.6. The van der Waals surface area contributed by atoms with Crippen LogP contribution in [0.4, 0.5) is 0 Å². The van der Waals surface area contributed by atoms with Gasteiger partial charge in [0, 0.05) is 12.8 Å². The van der Waals surface area contributed by atoms with Gasteiger partial charge in [0.15, 0.2) is 0 Å². The van der Waals surface area contributed by atoms with Crippen LogP contribution in [-0.2, 0) is 14.3 Å². The van der Waals surface area contributed by atoms with Crippen molar-refractivity contribution in [2.45, 2.75) is 51.9 Å². The zero-order chi connectivity index (χ0) is 17.5. The van der Waals surface area contributed by atoms with Gasteiger partial charge in [0.05, 0.1) is 13.2 Å². The number of benzene rings is 1. The van der Waals surface area contributed by atoms with Gasteiger partial charge in [-0.2, -0.15) is 0 Å². The fourth-order valence-electron chi connectivity index (χ4n) is 2.15. The van der Waals surface area contributed by atoms with Crippen molar-refractivity contribution in [1.29, 1.82) is 0 Å². The van der Waals surface area contributed by atoms with Gasteiger partial charge < -0.3 is 14.8 Å². The molecule has 0 spiro atoms. The summed E-state index contributed by atoms with van der Waals surface area (Å²) in [4.78, 5) is 23.1. The molecule has 1 N–H and O–H groups in total. The van der Waals surface area contributed by atoms with Crippen LogP contribution in [0.15, 0.2) is 30.3 Å². The lowest BCUT2D eigenvalue weighted by atomic mass is 10.1. The fraction of sp³-hybridized carbons (Fsp3) is 0.579. The lowest BCUT2D eigenvalue weighted by molar-refractivity contribution is -0.144. The number of esters is 1. The van der Waals surface area contributed by atoms with Crippen molar-refractivity contribution in [2.75, 3.05) is 19.8 Å². The van der Waals surface area contributed by atoms with Crippen LogP contribution in [0.5, 0.6) is 5.75 Å². The van der Waals surface area contributed by atoms with Crippen LogP contribution in [0.25, 0.3) is 0 Å². The summed E-state index contributed by atoms with van der Waals surface area (Å²) in [5.41, 5.74) is 0. The van der Waals surface area contributed by atoms with Gasteiger partial charge in [-0.25, -0.2) is 0 Å². The minimum Gasteiger partial charge on any atom is -0.494 e. The maximum Gasteiger partial charge on any atom is 0.305 e. The average molecular weight is 335 g/mol. The average Bonchev–Trinajstić information content (AvgIpc) is 2.60. The Morgan fingerprint density at radius 2 is 1.75 bits per heavy atom. The molecule has 0 aliphatic rings. The molecule has 1 aromatic rings. The molecule has 0 unspecified atom stereocenters. The van der Waals surface area contributed by atoms with Gasteiger partial charge in [-0.1, -0.05) is 44.4 Å². The van der Waals surface area contributed by atoms with Crippen molar-refractivity contribution in [3.63, 3.8) is 0 Å². The van der Waals surface area contributed by atoms with Crippen LogP contribution in [0, 0.1) is 0 Å². The van der Waals surface area contributed by atoms with E-state index in [0.29, 0.717) is 32.4 Å². The number of para-hydroxylation sites is 1. The molecule has 1 aromatic carbocycles. The number of carbonyl (C=O) groups excluding carboxylic acids is 2. The summed E-state index contributed by atoms with van der Waals surface area (Å²) in [6, 6.07) is 9.49. The highest BCUT2D eigenvalue weighted by Crippen LogP contribution is 2.08. The highest BCUT2D eigenvalue weighted by atomic mass is 16.5. The molecule has 0 radical (unpaired) electrons. The van der Waals surface area contributed by atoms with E-state index >= 15 is 0 Å². The first kappa shape index (κ1) is 20.0. The normalized spacial score (nSPS) is 10.2. The van der Waals surface area contributed by atoms with Gasteiger partial charge in [-0.3, -0.25) is 9.59 Å². The van der Waals surface area contributed by atoms with Gasteiger partial charge >= 0.3 is 5.97 Å². The highest BCUT2D eigenvalue weighted by Gasteiger charge is 2.04. The third kappa shape index (κ3) is 10.6. The van der Waals surface area contributed by atoms with E-state index in [1.165, 1.54) is 6.42 Å². The minimum absolute atomic E-state index is 0.0263. The molecule has 0 atom stereocenters. The molecule has 1 amide bonds. The summed E-state index contributed by atoms with van der Waals surface area (Å²) in [5.74, 6) is 0.565. The van der Waals surface area contributed by atoms with Crippen molar-refractivity contribution in [3.05, 3.63) is 30.3 Å². The van der Waals surface area contributed by atoms with E-state index in [1.807, 2.05) is 30.3 Å². The summed E-state index contributed by atoms with van der Waals surface area (Å²) in [5, 5.41) is 2.76. The molecule has 0 saturated carbocycles. The Labute approximate surface area is 144 Å². The van der Waals surface area contributed by atoms with Crippen molar-refractivity contribution in [3.8, 4) is 5.75 Å². The van der Waals surface area contributed by atoms with E-state index in [9.17, 15) is 9.59 Å². The number of amides is 1. The summed E-state index contributed by atoms with van der Waals surface area (Å²) in [7, 11) is 0. The third-order valence-electron chi connectivity index (χ3n) is 3.48. The lowest BCUT2D eigenvalue weighted by Crippen LogP contribution is -2.27. The van der Waals surface area contributed by atoms with Crippen molar-refractivity contribution >= 4 is 11.9 Å². The van der Waals surface area contributed by atoms with E-state index in [0.717, 1.165) is 25.0 Å². The zero-order valence-corrected chi connectivity index (χ0v) is 14.6. The van der Waals surface area contributed by atoms with Crippen LogP contribution < -0.4 is 10.1 Å². The monoisotopic (exact) mass is 335 g/mol. The maximum atomic E-state index is 11.6. The van der Waals surface area contributed by atoms with Gasteiger partial charge in [-0.15, -0.1) is 0 Å². The SMILES string of the molecule is CCCCCCC(=O)NCCOC(=O)CCCOc1ccccc1. The first-order valence-corrected chi connectivity index (χ1v) is 8.82. The van der Waals surface area contributed by atoms with Gasteiger partial charge in [0.25, 0.3) is 0 Å². The molecule has 0 fully saturated rings. The van der Waals surface area contributed by atoms with Crippen LogP contribution >= 0.6 is 0 Å². The topological polar surface area (TPSA) is 64.6 Å². The maximum absolute atomic E-state index is 11.6. The van der Waals surface area contributed by atoms with E-state index in [-0.39, 0.29) is 18.5 Å². The molecule has 0 aromatic heterocycles. The number of nitrogens with one attached hydrogen (secondary N) is 1. The molecule has 0 heterocycles. The molecule has 0 saturated heterocycles. The van der Waals surface area contributed by atoms with Gasteiger partial charge in [-0.05, 0) is 25.0 Å². The number of ether oxygens (including phenoxy) is 2. The van der Waals surface area contributed by atoms with Gasteiger partial charge in [0.1, 0.15) is 12.4 Å². The molecule has 5 nitrogen and oxygen atoms in total. The van der Waals surface area contributed by atoms with E-state index in [4.69, 9.17) is 9.47 Å². The molecule has 24 heavy (non-hydrogen) atoms. The van der Waals surface area contributed by atoms with Crippen molar-refractivity contribution in [1.82, 2.24) is 5.32 Å². The molecular formula is C19H29NO4. The van der Waals surface area contributed by atoms with Gasteiger partial charge in [0.2, 0.25) is 5.91 Å². The number of carbonyl (C=O) groups is 2. The van der Waals surface area contributed by atoms with E-state index in [2.05, 4.69) is 12.2 Å². The second kappa shape index (κ2) is 13.4. The Bertz CT molecular complexity index is 462. The van der Waals surface area contributed by atoms with Crippen LogP contribution in [0.3, 0.4) is 0 Å². The fourth-order valence-corrected chi connectivity index (χ4v) is 2.15. The second-order valence-corrected chi connectivity index (χ2v) is 5.65. The Morgan fingerprint density at radius 1 is 0.958 bits per heavy atom. The molecule has 1 rings (SSSR count). The summed E-state index contributed by atoms with van der Waals surface area (Å²) >= 11 is 0. The van der Waals surface area contributed by atoms with Crippen LogP contribution in [0.1, 0.15) is 51.9 Å². The Hall–Kier alpha value is -2.04. The molecule has 134 valence electrons. The number of hydrogen-bond donors (Lipinski definition) is 1. The van der Waals surface area contributed by atoms with E-state index < -0.39 is 0 Å². The highest BCUT2D eigenvalue weighted by molar-refractivity contribution is 5.75. The largest absolute Gasteiger partial charge is 0.494 e. The van der Waals surface area contributed by atoms with Crippen molar-refractivity contribution < 1.29 is 19.1 Å². The minimum atomic E-state index is -0.260. The molecule has 0 bridgehead atoms. The number of hydrogen-bond acceptors (Lipinski definition) is 4. The zero-order valence-electron chi connectivity index (χ0n) is 14.6. The first-order valence-electron chi connectivity index (χ1n) is 8.82. The van der Waals surface area contributed by atoms with Crippen molar-refractivity contribution in [2.24, 2.45) is 0 Å². The Kier molecular flexibility index (Phi) is 11.2. The van der Waals surface area contributed by atoms with E-state index in [1.54, 1.807) is 0 Å². The summed E-state index contributed by atoms with van der Waals surface area (Å²) in [6.45, 7) is 3.22. The van der Waals surface area contributed by atoms with Crippen LogP contribution in [-0.4, -0.2) is 31.6 Å². The second-order valence-electron chi connectivity index (χ2n) is 5.65. The molecular weight excluding hydrogens is 306 g/mol. The first-order chi connectivity index (χ1) is 11.7. The smallest absolute Gasteiger partial charge is 0.305 e. The predicted octanol–water partition coefficient (Wildman–Crippen LogP) is 3.48. The Morgan fingerprint density at radius 3 is 2.50 bits per heavy atom. The number of rotatable bonds is 13. The number of unbranched alkanes of at least 4 members (excludes halogenated alkanes) is 3. The lowest BCUT2D eigenvalue weighted by Gasteiger charge is -2.08. The molecule has 0 aliphatic heterocycles. The third-order valence-corrected chi connectivity index (χ3v) is 3.48. The molecule has 5 heteroatoms. The quantitative estimate of drug-likeness (QED) is 0.443. The summed E-state index contributed by atoms with van der Waals surface area (Å²) in [6.07, 6.45) is 5.80.